The van der Waals surface area contributed by atoms with Crippen LogP contribution >= 0.6 is 0 Å². The van der Waals surface area contributed by atoms with Crippen LogP contribution in [0.5, 0.6) is 0 Å². The van der Waals surface area contributed by atoms with Crippen LogP contribution in [0.3, 0.4) is 0 Å². The zero-order valence-corrected chi connectivity index (χ0v) is 8.99. The Kier molecular flexibility index (Phi) is 2.73. The van der Waals surface area contributed by atoms with E-state index in [4.69, 9.17) is 4.74 Å². The minimum Gasteiger partial charge on any atom is -0.380 e. The Balaban J connectivity index is 2.25. The molecule has 4 nitrogen and oxygen atoms in total. The lowest BCUT2D eigenvalue weighted by Crippen LogP contribution is -2.48. The minimum absolute atomic E-state index is 0.265. The van der Waals surface area contributed by atoms with E-state index in [-0.39, 0.29) is 5.78 Å². The summed E-state index contributed by atoms with van der Waals surface area (Å²) in [6, 6.07) is 2.05. The summed E-state index contributed by atoms with van der Waals surface area (Å²) in [7, 11) is 3.66. The van der Waals surface area contributed by atoms with Crippen molar-refractivity contribution in [2.24, 2.45) is 0 Å². The summed E-state index contributed by atoms with van der Waals surface area (Å²) in [5, 5.41) is 0. The molecule has 1 aromatic rings. The van der Waals surface area contributed by atoms with E-state index in [2.05, 4.69) is 11.1 Å². The maximum absolute atomic E-state index is 10.9. The number of ether oxygens (including phenoxy) is 1. The van der Waals surface area contributed by atoms with Gasteiger partial charge in [0.15, 0.2) is 5.78 Å². The Hall–Kier alpha value is -1.36. The van der Waals surface area contributed by atoms with Crippen LogP contribution in [0.2, 0.25) is 0 Å². The third-order valence-electron chi connectivity index (χ3n) is 2.41. The first-order chi connectivity index (χ1) is 7.20. The molecule has 0 aromatic carbocycles. The Morgan fingerprint density at radius 2 is 2.33 bits per heavy atom. The normalized spacial score (nSPS) is 15.3. The van der Waals surface area contributed by atoms with Crippen molar-refractivity contribution >= 4 is 24.9 Å². The quantitative estimate of drug-likeness (QED) is 0.584. The molecular weight excluding hydrogens is 191 g/mol. The monoisotopic (exact) mass is 204 g/mol. The predicted octanol–water partition coefficient (Wildman–Crippen LogP) is -1.12. The van der Waals surface area contributed by atoms with Gasteiger partial charge in [-0.05, 0) is 0 Å². The third-order valence-corrected chi connectivity index (χ3v) is 2.41. The van der Waals surface area contributed by atoms with Crippen LogP contribution in [0, 0.1) is 0 Å². The molecule has 0 aliphatic carbocycles. The van der Waals surface area contributed by atoms with Gasteiger partial charge >= 0.3 is 0 Å². The van der Waals surface area contributed by atoms with E-state index in [1.807, 2.05) is 18.9 Å². The van der Waals surface area contributed by atoms with E-state index in [9.17, 15) is 4.79 Å². The van der Waals surface area contributed by atoms with Gasteiger partial charge < -0.3 is 9.64 Å². The molecule has 0 saturated carbocycles. The second kappa shape index (κ2) is 4.02. The van der Waals surface area contributed by atoms with Gasteiger partial charge in [-0.1, -0.05) is 11.5 Å². The molecular formula is C10H13BN2O2. The van der Waals surface area contributed by atoms with E-state index < -0.39 is 0 Å². The predicted molar refractivity (Wildman–Crippen MR) is 60.3 cm³/mol. The van der Waals surface area contributed by atoms with Crippen LogP contribution in [0.1, 0.15) is 5.56 Å². The number of Topliss-reactive ketones (excluding diaryl/α,β-unsaturated/α-hetero) is 1. The zero-order valence-electron chi connectivity index (χ0n) is 8.99. The first-order valence-corrected chi connectivity index (χ1v) is 4.92. The number of anilines is 1. The Bertz CT molecular complexity index is 387. The highest BCUT2D eigenvalue weighted by Gasteiger charge is 2.26. The second-order valence-corrected chi connectivity index (χ2v) is 3.82. The highest BCUT2D eigenvalue weighted by Crippen LogP contribution is 2.20. The zero-order chi connectivity index (χ0) is 10.8. The van der Waals surface area contributed by atoms with Gasteiger partial charge in [-0.3, -0.25) is 4.79 Å². The molecule has 5 heteroatoms. The van der Waals surface area contributed by atoms with Crippen molar-refractivity contribution in [2.75, 3.05) is 25.1 Å². The van der Waals surface area contributed by atoms with Gasteiger partial charge in [0.05, 0.1) is 19.7 Å². The number of rotatable bonds is 3. The van der Waals surface area contributed by atoms with E-state index in [1.54, 1.807) is 7.11 Å². The van der Waals surface area contributed by atoms with Crippen LogP contribution in [0.25, 0.3) is 0 Å². The number of carbonyl (C=O) groups excluding carboxylic acids is 1. The van der Waals surface area contributed by atoms with E-state index >= 15 is 0 Å². The lowest BCUT2D eigenvalue weighted by atomic mass is 9.96. The van der Waals surface area contributed by atoms with Crippen LogP contribution in [0.15, 0.2) is 12.3 Å². The number of methoxy groups -OCH3 is 1. The standard InChI is InChI=1S/C10H13BN2O2/c1-15-6-7-2-8(11)3-12-10(7)13-4-9(14)5-13/h2-3H,4-6,11H2,1H3. The molecule has 1 aliphatic heterocycles. The maximum Gasteiger partial charge on any atom is 0.171 e. The van der Waals surface area contributed by atoms with Crippen molar-refractivity contribution in [3.63, 3.8) is 0 Å². The summed E-state index contributed by atoms with van der Waals surface area (Å²) in [4.78, 5) is 17.2. The number of ketones is 1. The van der Waals surface area contributed by atoms with Crippen LogP contribution < -0.4 is 10.4 Å². The van der Waals surface area contributed by atoms with Crippen molar-refractivity contribution in [2.45, 2.75) is 6.61 Å². The van der Waals surface area contributed by atoms with Gasteiger partial charge in [0.25, 0.3) is 0 Å². The summed E-state index contributed by atoms with van der Waals surface area (Å²) < 4.78 is 5.12. The van der Waals surface area contributed by atoms with Gasteiger partial charge in [0.1, 0.15) is 13.7 Å². The molecule has 1 fully saturated rings. The number of hydrogen-bond acceptors (Lipinski definition) is 4. The number of hydrogen-bond donors (Lipinski definition) is 0. The molecule has 0 atom stereocenters. The molecule has 78 valence electrons. The first-order valence-electron chi connectivity index (χ1n) is 4.92. The van der Waals surface area contributed by atoms with Crippen LogP contribution in [-0.4, -0.2) is 38.8 Å². The van der Waals surface area contributed by atoms with Gasteiger partial charge in [-0.15, -0.1) is 0 Å². The summed E-state index contributed by atoms with van der Waals surface area (Å²) in [5.74, 6) is 1.14. The first kappa shape index (κ1) is 10.2. The summed E-state index contributed by atoms with van der Waals surface area (Å²) in [5.41, 5.74) is 2.16. The molecule has 0 amide bonds. The molecule has 2 heterocycles. The number of pyridine rings is 1. The third kappa shape index (κ3) is 2.02. The molecule has 0 spiro atoms. The molecule has 15 heavy (non-hydrogen) atoms. The summed E-state index contributed by atoms with van der Waals surface area (Å²) in [6.45, 7) is 1.49. The van der Waals surface area contributed by atoms with E-state index in [0.29, 0.717) is 19.7 Å². The molecule has 0 N–H and O–H groups in total. The SMILES string of the molecule is Bc1cnc(N2CC(=O)C2)c(COC)c1. The topological polar surface area (TPSA) is 42.4 Å². The molecule has 0 radical (unpaired) electrons. The highest BCUT2D eigenvalue weighted by molar-refractivity contribution is 6.32. The molecule has 1 aromatic heterocycles. The number of aromatic nitrogens is 1. The van der Waals surface area contributed by atoms with Gasteiger partial charge in [0, 0.05) is 18.9 Å². The maximum atomic E-state index is 10.9. The van der Waals surface area contributed by atoms with Crippen molar-refractivity contribution in [3.05, 3.63) is 17.8 Å². The lowest BCUT2D eigenvalue weighted by molar-refractivity contribution is -0.119. The number of carbonyl (C=O) groups is 1. The Morgan fingerprint density at radius 1 is 1.60 bits per heavy atom. The fourth-order valence-electron chi connectivity index (χ4n) is 1.70. The smallest absolute Gasteiger partial charge is 0.171 e. The highest BCUT2D eigenvalue weighted by atomic mass is 16.5. The van der Waals surface area contributed by atoms with Crippen molar-refractivity contribution < 1.29 is 9.53 Å². The van der Waals surface area contributed by atoms with E-state index in [0.717, 1.165) is 16.8 Å². The van der Waals surface area contributed by atoms with Gasteiger partial charge in [0.2, 0.25) is 0 Å². The van der Waals surface area contributed by atoms with Crippen molar-refractivity contribution in [3.8, 4) is 0 Å². The fourth-order valence-corrected chi connectivity index (χ4v) is 1.70. The molecule has 2 rings (SSSR count). The van der Waals surface area contributed by atoms with Crippen molar-refractivity contribution in [1.29, 1.82) is 0 Å². The fraction of sp³-hybridized carbons (Fsp3) is 0.400. The second-order valence-electron chi connectivity index (χ2n) is 3.82. The molecule has 1 aliphatic rings. The van der Waals surface area contributed by atoms with Gasteiger partial charge in [-0.25, -0.2) is 4.98 Å². The Morgan fingerprint density at radius 3 is 2.93 bits per heavy atom. The average molecular weight is 204 g/mol. The van der Waals surface area contributed by atoms with Crippen LogP contribution in [-0.2, 0) is 16.1 Å². The lowest BCUT2D eigenvalue weighted by Gasteiger charge is -2.32. The molecule has 1 saturated heterocycles. The van der Waals surface area contributed by atoms with Gasteiger partial charge in [-0.2, -0.15) is 0 Å². The van der Waals surface area contributed by atoms with Crippen molar-refractivity contribution in [1.82, 2.24) is 4.98 Å². The molecule has 0 bridgehead atoms. The average Bonchev–Trinajstić information content (AvgIpc) is 2.15. The molecule has 0 unspecified atom stereocenters. The number of nitrogens with zero attached hydrogens (tertiary/aromatic N) is 2. The minimum atomic E-state index is 0.265. The van der Waals surface area contributed by atoms with Crippen LogP contribution in [0.4, 0.5) is 5.82 Å². The summed E-state index contributed by atoms with van der Waals surface area (Å²) in [6.07, 6.45) is 1.82. The van der Waals surface area contributed by atoms with E-state index in [1.165, 1.54) is 0 Å². The largest absolute Gasteiger partial charge is 0.380 e. The summed E-state index contributed by atoms with van der Waals surface area (Å²) >= 11 is 0. The Labute approximate surface area is 89.7 Å².